The molecule has 0 saturated carbocycles. The maximum atomic E-state index is 11.0. The minimum absolute atomic E-state index is 0.00976. The number of hydrogen-bond donors (Lipinski definition) is 2. The average molecular weight is 309 g/mol. The molecule has 3 heteroatoms. The summed E-state index contributed by atoms with van der Waals surface area (Å²) in [5.74, 6) is -0.100. The van der Waals surface area contributed by atoms with Gasteiger partial charge < -0.3 is 10.8 Å². The van der Waals surface area contributed by atoms with Gasteiger partial charge in [-0.2, -0.15) is 0 Å². The smallest absolute Gasteiger partial charge is 0.149 e. The first-order valence-corrected chi connectivity index (χ1v) is 8.92. The molecule has 0 aromatic heterocycles. The van der Waals surface area contributed by atoms with Gasteiger partial charge in [0, 0.05) is 6.42 Å². The zero-order valence-corrected chi connectivity index (χ0v) is 14.3. The van der Waals surface area contributed by atoms with Gasteiger partial charge in [-0.1, -0.05) is 56.9 Å². The van der Waals surface area contributed by atoms with Gasteiger partial charge in [0.05, 0.1) is 12.6 Å². The number of hydrogen-bond acceptors (Lipinski definition) is 3. The number of aliphatic hydroxyl groups excluding tert-OH is 1. The zero-order chi connectivity index (χ0) is 16.5. The summed E-state index contributed by atoms with van der Waals surface area (Å²) in [5, 5.41) is 9.55. The number of aliphatic hydroxyl groups is 1. The van der Waals surface area contributed by atoms with Crippen LogP contribution in [-0.2, 0) is 4.79 Å². The fraction of sp³-hybridized carbons (Fsp3) is 0.737. The van der Waals surface area contributed by atoms with Crippen LogP contribution in [0.1, 0.15) is 77.6 Å². The van der Waals surface area contributed by atoms with Crippen molar-refractivity contribution < 1.29 is 9.90 Å². The Morgan fingerprint density at radius 3 is 2.09 bits per heavy atom. The van der Waals surface area contributed by atoms with Crippen LogP contribution in [0.25, 0.3) is 0 Å². The molecular formula is C19H35NO2. The molecule has 0 aromatic rings. The lowest BCUT2D eigenvalue weighted by Gasteiger charge is -2.02. The molecule has 22 heavy (non-hydrogen) atoms. The van der Waals surface area contributed by atoms with Crippen LogP contribution in [-0.4, -0.2) is 23.5 Å². The van der Waals surface area contributed by atoms with E-state index >= 15 is 0 Å². The summed E-state index contributed by atoms with van der Waals surface area (Å²) in [6.07, 6.45) is 20.1. The highest BCUT2D eigenvalue weighted by atomic mass is 16.3. The van der Waals surface area contributed by atoms with Crippen molar-refractivity contribution in [2.75, 3.05) is 6.54 Å². The van der Waals surface area contributed by atoms with Gasteiger partial charge >= 0.3 is 0 Å². The molecule has 0 saturated heterocycles. The topological polar surface area (TPSA) is 63.3 Å². The van der Waals surface area contributed by atoms with E-state index < -0.39 is 6.10 Å². The third-order valence-electron chi connectivity index (χ3n) is 3.66. The lowest BCUT2D eigenvalue weighted by molar-refractivity contribution is -0.119. The summed E-state index contributed by atoms with van der Waals surface area (Å²) in [5.41, 5.74) is 5.20. The fourth-order valence-electron chi connectivity index (χ4n) is 2.26. The number of allylic oxidation sites excluding steroid dienone is 3. The molecule has 0 bridgehead atoms. The van der Waals surface area contributed by atoms with Crippen molar-refractivity contribution >= 4 is 5.78 Å². The standard InChI is InChI=1S/C19H35NO2/c1-2-3-4-5-6-7-8-9-10-11-12-13-14-15-18(21)16-19(22)17-20/h8-9,14-15,18,21H,2-7,10-13,16-17,20H2,1H3/b9-8+,15-14+/t18-/m0/s1. The van der Waals surface area contributed by atoms with Gasteiger partial charge in [-0.25, -0.2) is 0 Å². The lowest BCUT2D eigenvalue weighted by Crippen LogP contribution is -2.18. The number of carbonyl (C=O) groups is 1. The molecule has 0 aliphatic carbocycles. The molecule has 3 N–H and O–H groups in total. The molecule has 0 fully saturated rings. The first kappa shape index (κ1) is 21.1. The highest BCUT2D eigenvalue weighted by Gasteiger charge is 2.04. The van der Waals surface area contributed by atoms with Crippen molar-refractivity contribution in [2.24, 2.45) is 5.73 Å². The number of ketones is 1. The van der Waals surface area contributed by atoms with Gasteiger partial charge in [0.1, 0.15) is 5.78 Å². The molecule has 0 amide bonds. The van der Waals surface area contributed by atoms with E-state index in [1.165, 1.54) is 44.9 Å². The Labute approximate surface area is 136 Å². The Kier molecular flexibility index (Phi) is 15.7. The van der Waals surface area contributed by atoms with E-state index in [0.29, 0.717) is 0 Å². The minimum atomic E-state index is -0.677. The second-order valence-corrected chi connectivity index (χ2v) is 5.90. The molecule has 0 spiro atoms. The van der Waals surface area contributed by atoms with E-state index in [0.717, 1.165) is 19.3 Å². The highest BCUT2D eigenvalue weighted by Crippen LogP contribution is 2.07. The van der Waals surface area contributed by atoms with Crippen LogP contribution in [0.5, 0.6) is 0 Å². The van der Waals surface area contributed by atoms with Crippen molar-refractivity contribution in [3.8, 4) is 0 Å². The summed E-state index contributed by atoms with van der Waals surface area (Å²) in [6.45, 7) is 2.26. The Morgan fingerprint density at radius 1 is 0.955 bits per heavy atom. The first-order valence-electron chi connectivity index (χ1n) is 8.92. The van der Waals surface area contributed by atoms with Gasteiger partial charge in [-0.15, -0.1) is 0 Å². The van der Waals surface area contributed by atoms with E-state index in [1.54, 1.807) is 6.08 Å². The maximum Gasteiger partial charge on any atom is 0.149 e. The van der Waals surface area contributed by atoms with Crippen molar-refractivity contribution in [2.45, 2.75) is 83.7 Å². The second-order valence-electron chi connectivity index (χ2n) is 5.90. The van der Waals surface area contributed by atoms with Crippen LogP contribution in [0.2, 0.25) is 0 Å². The van der Waals surface area contributed by atoms with Crippen molar-refractivity contribution in [3.05, 3.63) is 24.3 Å². The summed E-state index contributed by atoms with van der Waals surface area (Å²) in [4.78, 5) is 11.0. The summed E-state index contributed by atoms with van der Waals surface area (Å²) in [6, 6.07) is 0. The van der Waals surface area contributed by atoms with Gasteiger partial charge in [0.15, 0.2) is 0 Å². The van der Waals surface area contributed by atoms with Crippen LogP contribution in [0.15, 0.2) is 24.3 Å². The summed E-state index contributed by atoms with van der Waals surface area (Å²) in [7, 11) is 0. The summed E-state index contributed by atoms with van der Waals surface area (Å²) >= 11 is 0. The normalized spacial score (nSPS) is 13.2. The van der Waals surface area contributed by atoms with E-state index in [2.05, 4.69) is 19.1 Å². The Balaban J connectivity index is 3.36. The molecule has 0 unspecified atom stereocenters. The Bertz CT molecular complexity index is 311. The fourth-order valence-corrected chi connectivity index (χ4v) is 2.26. The van der Waals surface area contributed by atoms with Gasteiger partial charge in [0.2, 0.25) is 0 Å². The van der Waals surface area contributed by atoms with Crippen LogP contribution < -0.4 is 5.73 Å². The van der Waals surface area contributed by atoms with E-state index in [1.807, 2.05) is 6.08 Å². The largest absolute Gasteiger partial charge is 0.389 e. The van der Waals surface area contributed by atoms with Crippen LogP contribution in [0.4, 0.5) is 0 Å². The van der Waals surface area contributed by atoms with Crippen molar-refractivity contribution in [1.29, 1.82) is 0 Å². The highest BCUT2D eigenvalue weighted by molar-refractivity contribution is 5.80. The SMILES string of the molecule is CCCCCCC/C=C/CCCC/C=C/[C@H](O)CC(=O)CN. The van der Waals surface area contributed by atoms with Gasteiger partial charge in [-0.05, 0) is 38.5 Å². The van der Waals surface area contributed by atoms with E-state index in [4.69, 9.17) is 5.73 Å². The molecule has 3 nitrogen and oxygen atoms in total. The number of unbranched alkanes of at least 4 members (excludes halogenated alkanes) is 8. The molecule has 0 aromatic carbocycles. The monoisotopic (exact) mass is 309 g/mol. The van der Waals surface area contributed by atoms with Crippen LogP contribution in [0.3, 0.4) is 0 Å². The third kappa shape index (κ3) is 15.5. The number of nitrogens with two attached hydrogens (primary N) is 1. The molecule has 0 heterocycles. The molecule has 1 atom stereocenters. The first-order chi connectivity index (χ1) is 10.7. The summed E-state index contributed by atoms with van der Waals surface area (Å²) < 4.78 is 0. The number of carbonyl (C=O) groups excluding carboxylic acids is 1. The van der Waals surface area contributed by atoms with Crippen LogP contribution in [0, 0.1) is 0 Å². The molecule has 0 aliphatic rings. The maximum absolute atomic E-state index is 11.0. The average Bonchev–Trinajstić information content (AvgIpc) is 2.51. The van der Waals surface area contributed by atoms with Gasteiger partial charge in [0.25, 0.3) is 0 Å². The Morgan fingerprint density at radius 2 is 1.50 bits per heavy atom. The molecule has 0 aliphatic heterocycles. The van der Waals surface area contributed by atoms with E-state index in [-0.39, 0.29) is 18.7 Å². The molecule has 0 rings (SSSR count). The minimum Gasteiger partial charge on any atom is -0.389 e. The predicted molar refractivity (Wildman–Crippen MR) is 94.8 cm³/mol. The third-order valence-corrected chi connectivity index (χ3v) is 3.66. The second kappa shape index (κ2) is 16.4. The zero-order valence-electron chi connectivity index (χ0n) is 14.3. The lowest BCUT2D eigenvalue weighted by atomic mass is 10.1. The van der Waals surface area contributed by atoms with Crippen molar-refractivity contribution in [3.63, 3.8) is 0 Å². The Hall–Kier alpha value is -0.930. The van der Waals surface area contributed by atoms with Crippen LogP contribution >= 0.6 is 0 Å². The van der Waals surface area contributed by atoms with Gasteiger partial charge in [-0.3, -0.25) is 4.79 Å². The van der Waals surface area contributed by atoms with E-state index in [9.17, 15) is 9.90 Å². The number of rotatable bonds is 15. The predicted octanol–water partition coefficient (Wildman–Crippen LogP) is 4.30. The van der Waals surface area contributed by atoms with Crippen molar-refractivity contribution in [1.82, 2.24) is 0 Å². The molecule has 0 radical (unpaired) electrons. The number of Topliss-reactive ketones (excluding diaryl/α,β-unsaturated/α-hetero) is 1. The molecule has 128 valence electrons. The molecular weight excluding hydrogens is 274 g/mol. The quantitative estimate of drug-likeness (QED) is 0.350.